The fourth-order valence-corrected chi connectivity index (χ4v) is 7.00. The number of aromatic nitrogens is 2. The molecular formula is C44H56N10O4. The highest BCUT2D eigenvalue weighted by molar-refractivity contribution is 6.11. The summed E-state index contributed by atoms with van der Waals surface area (Å²) in [5.41, 5.74) is 4.54. The number of fused-ring (bicyclic) bond motifs is 4. The lowest BCUT2D eigenvalue weighted by Crippen LogP contribution is -2.39. The van der Waals surface area contributed by atoms with E-state index in [1.807, 2.05) is 90.8 Å². The van der Waals surface area contributed by atoms with Crippen molar-refractivity contribution in [3.8, 4) is 0 Å². The summed E-state index contributed by atoms with van der Waals surface area (Å²) in [5.74, 6) is -0.465. The maximum atomic E-state index is 13.7. The van der Waals surface area contributed by atoms with E-state index in [1.165, 1.54) is 0 Å². The van der Waals surface area contributed by atoms with Crippen molar-refractivity contribution in [2.24, 2.45) is 0 Å². The molecule has 2 aromatic heterocycles. The molecule has 14 heteroatoms. The molecule has 6 aromatic rings. The molecule has 0 aliphatic rings. The number of hydrogen-bond donors (Lipinski definition) is 6. The topological polar surface area (TPSA) is 161 Å². The Morgan fingerprint density at radius 2 is 1.07 bits per heavy atom. The minimum atomic E-state index is -0.250. The van der Waals surface area contributed by atoms with Crippen LogP contribution in [0.2, 0.25) is 0 Å². The molecule has 0 unspecified atom stereocenters. The lowest BCUT2D eigenvalue weighted by molar-refractivity contribution is 0.0939. The van der Waals surface area contributed by atoms with Gasteiger partial charge in [0, 0.05) is 104 Å². The zero-order valence-corrected chi connectivity index (χ0v) is 34.4. The lowest BCUT2D eigenvalue weighted by Gasteiger charge is -2.22. The lowest BCUT2D eigenvalue weighted by atomic mass is 10.0. The van der Waals surface area contributed by atoms with Gasteiger partial charge in [0.15, 0.2) is 10.9 Å². The number of H-pyrrole nitrogens is 2. The third kappa shape index (κ3) is 10.0. The predicted octanol–water partition coefficient (Wildman–Crippen LogP) is 3.65. The zero-order valence-electron chi connectivity index (χ0n) is 34.4. The van der Waals surface area contributed by atoms with Crippen LogP contribution in [0.3, 0.4) is 0 Å². The Labute approximate surface area is 338 Å². The van der Waals surface area contributed by atoms with E-state index in [9.17, 15) is 19.2 Å². The second kappa shape index (κ2) is 19.1. The Morgan fingerprint density at radius 1 is 0.534 bits per heavy atom. The van der Waals surface area contributed by atoms with E-state index in [-0.39, 0.29) is 22.7 Å². The molecule has 6 N–H and O–H groups in total. The average Bonchev–Trinajstić information content (AvgIpc) is 3.19. The van der Waals surface area contributed by atoms with Gasteiger partial charge in [-0.2, -0.15) is 0 Å². The Balaban J connectivity index is 1.01. The number of hydrogen-bond acceptors (Lipinski definition) is 10. The third-order valence-electron chi connectivity index (χ3n) is 10.3. The molecule has 0 aliphatic carbocycles. The largest absolute Gasteiger partial charge is 0.383 e. The van der Waals surface area contributed by atoms with Crippen molar-refractivity contribution in [1.82, 2.24) is 40.2 Å². The third-order valence-corrected chi connectivity index (χ3v) is 10.3. The van der Waals surface area contributed by atoms with Crippen molar-refractivity contribution in [1.29, 1.82) is 0 Å². The molecule has 2 heterocycles. The summed E-state index contributed by atoms with van der Waals surface area (Å²) in [6.07, 6.45) is 0. The monoisotopic (exact) mass is 788 g/mol. The molecule has 0 fully saturated rings. The number of likely N-dealkylation sites (N-methyl/N-ethyl adjacent to an activating group) is 4. The number of aromatic amines is 2. The maximum Gasteiger partial charge on any atom is 0.253 e. The van der Waals surface area contributed by atoms with E-state index in [4.69, 9.17) is 0 Å². The van der Waals surface area contributed by atoms with Gasteiger partial charge in [0.1, 0.15) is 0 Å². The fourth-order valence-electron chi connectivity index (χ4n) is 7.00. The van der Waals surface area contributed by atoms with Crippen LogP contribution in [0.25, 0.3) is 43.6 Å². The second-order valence-electron chi connectivity index (χ2n) is 15.4. The zero-order chi connectivity index (χ0) is 41.3. The molecule has 0 radical (unpaired) electrons. The number of para-hydroxylation sites is 2. The number of anilines is 2. The number of nitrogens with one attached hydrogen (secondary N) is 6. The van der Waals surface area contributed by atoms with Crippen LogP contribution in [-0.4, -0.2) is 149 Å². The quantitative estimate of drug-likeness (QED) is 0.0670. The summed E-state index contributed by atoms with van der Waals surface area (Å²) in [5, 5.41) is 15.0. The van der Waals surface area contributed by atoms with E-state index in [0.717, 1.165) is 31.7 Å². The smallest absolute Gasteiger partial charge is 0.253 e. The Kier molecular flexibility index (Phi) is 13.8. The highest BCUT2D eigenvalue weighted by Crippen LogP contribution is 2.26. The van der Waals surface area contributed by atoms with Gasteiger partial charge in [-0.1, -0.05) is 24.3 Å². The molecule has 4 aromatic carbocycles. The Hall–Kier alpha value is -5.80. The molecule has 0 spiro atoms. The minimum Gasteiger partial charge on any atom is -0.383 e. The molecule has 6 rings (SSSR count). The number of carbonyl (C=O) groups is 2. The molecule has 0 aliphatic heterocycles. The van der Waals surface area contributed by atoms with Crippen LogP contribution in [0.5, 0.6) is 0 Å². The van der Waals surface area contributed by atoms with Crippen molar-refractivity contribution in [2.75, 3.05) is 118 Å². The van der Waals surface area contributed by atoms with Crippen molar-refractivity contribution in [3.63, 3.8) is 0 Å². The number of nitrogens with zero attached hydrogens (tertiary/aromatic N) is 4. The van der Waals surface area contributed by atoms with E-state index in [2.05, 4.69) is 50.8 Å². The predicted molar refractivity (Wildman–Crippen MR) is 238 cm³/mol. The summed E-state index contributed by atoms with van der Waals surface area (Å²) >= 11 is 0. The summed E-state index contributed by atoms with van der Waals surface area (Å²) < 4.78 is 0. The number of amides is 2. The van der Waals surface area contributed by atoms with Crippen molar-refractivity contribution in [2.45, 2.75) is 0 Å². The molecule has 0 bridgehead atoms. The molecular weight excluding hydrogens is 733 g/mol. The van der Waals surface area contributed by atoms with Gasteiger partial charge in [-0.3, -0.25) is 19.2 Å². The van der Waals surface area contributed by atoms with Gasteiger partial charge >= 0.3 is 0 Å². The van der Waals surface area contributed by atoms with Gasteiger partial charge < -0.3 is 50.8 Å². The fraction of sp³-hybridized carbons (Fsp3) is 0.364. The Morgan fingerprint density at radius 3 is 1.67 bits per heavy atom. The van der Waals surface area contributed by atoms with Gasteiger partial charge in [0.05, 0.1) is 27.4 Å². The van der Waals surface area contributed by atoms with Crippen LogP contribution in [0.4, 0.5) is 11.4 Å². The molecule has 14 nitrogen and oxygen atoms in total. The number of pyridine rings is 2. The standard InChI is InChI=1S/C44H56N10O4/c1-51(2)21-17-45-35-16-15-32(40-39(35)42(56)31-12-8-10-14-34(31)50-40)44(58)48-20-24-54(6)26-25-53(5)23-19-47-43(57)29-27-36(46-18-22-52(3)4)38-37(28-29)49-33-13-9-7-11-30(33)41(38)55/h7-16,27-28,45-46H,17-26H2,1-6H3,(H,47,57)(H,48,58)(H,49,55)(H,50,56). The average molecular weight is 789 g/mol. The number of rotatable bonds is 19. The molecule has 58 heavy (non-hydrogen) atoms. The molecule has 0 saturated heterocycles. The first kappa shape index (κ1) is 41.8. The normalized spacial score (nSPS) is 11.8. The maximum absolute atomic E-state index is 13.7. The summed E-state index contributed by atoms with van der Waals surface area (Å²) in [7, 11) is 12.0. The van der Waals surface area contributed by atoms with Gasteiger partial charge in [-0.25, -0.2) is 0 Å². The first-order valence-electron chi connectivity index (χ1n) is 19.8. The van der Waals surface area contributed by atoms with Crippen LogP contribution in [0, 0.1) is 0 Å². The van der Waals surface area contributed by atoms with E-state index >= 15 is 0 Å². The first-order valence-corrected chi connectivity index (χ1v) is 19.8. The second-order valence-corrected chi connectivity index (χ2v) is 15.4. The van der Waals surface area contributed by atoms with E-state index < -0.39 is 0 Å². The van der Waals surface area contributed by atoms with Gasteiger partial charge in [-0.05, 0) is 90.8 Å². The minimum absolute atomic E-state index is 0.0770. The van der Waals surface area contributed by atoms with Crippen molar-refractivity contribution < 1.29 is 9.59 Å². The van der Waals surface area contributed by atoms with Crippen LogP contribution in [0.15, 0.2) is 82.4 Å². The number of carbonyl (C=O) groups excluding carboxylic acids is 2. The highest BCUT2D eigenvalue weighted by Gasteiger charge is 2.18. The summed E-state index contributed by atoms with van der Waals surface area (Å²) in [6, 6.07) is 21.8. The van der Waals surface area contributed by atoms with Gasteiger partial charge in [0.25, 0.3) is 11.8 Å². The van der Waals surface area contributed by atoms with Crippen LogP contribution >= 0.6 is 0 Å². The summed E-state index contributed by atoms with van der Waals surface area (Å²) in [6.45, 7) is 6.47. The van der Waals surface area contributed by atoms with Crippen LogP contribution < -0.4 is 32.1 Å². The Bertz CT molecular complexity index is 2530. The SMILES string of the molecule is CN(C)CCNc1cc(C(=O)NCCN(C)CCN(C)CCNC(=O)c2ccc(NCCN(C)C)c3c(=O)c4ccccc4[nH]c23)cc2[nH]c3ccccc3c(=O)c12. The molecule has 0 atom stereocenters. The van der Waals surface area contributed by atoms with E-state index in [0.29, 0.717) is 99.9 Å². The summed E-state index contributed by atoms with van der Waals surface area (Å²) in [4.78, 5) is 69.2. The van der Waals surface area contributed by atoms with Gasteiger partial charge in [-0.15, -0.1) is 0 Å². The van der Waals surface area contributed by atoms with E-state index in [1.54, 1.807) is 24.3 Å². The van der Waals surface area contributed by atoms with Crippen LogP contribution in [0.1, 0.15) is 20.7 Å². The first-order chi connectivity index (χ1) is 27.9. The van der Waals surface area contributed by atoms with Gasteiger partial charge in [0.2, 0.25) is 0 Å². The molecule has 2 amide bonds. The van der Waals surface area contributed by atoms with Crippen molar-refractivity contribution >= 4 is 66.8 Å². The molecule has 0 saturated carbocycles. The molecule has 306 valence electrons. The highest BCUT2D eigenvalue weighted by atomic mass is 16.2. The van der Waals surface area contributed by atoms with Crippen LogP contribution in [-0.2, 0) is 0 Å². The van der Waals surface area contributed by atoms with Crippen molar-refractivity contribution in [3.05, 3.63) is 104 Å². The number of benzene rings is 4.